The predicted molar refractivity (Wildman–Crippen MR) is 152 cm³/mol. The first kappa shape index (κ1) is 29.1. The molecule has 0 aromatic heterocycles. The van der Waals surface area contributed by atoms with Gasteiger partial charge in [-0.05, 0) is 75.2 Å². The lowest BCUT2D eigenvalue weighted by atomic mass is 9.86. The van der Waals surface area contributed by atoms with Crippen molar-refractivity contribution in [3.8, 4) is 0 Å². The summed E-state index contributed by atoms with van der Waals surface area (Å²) >= 11 is 0. The average molecular weight is 520 g/mol. The summed E-state index contributed by atoms with van der Waals surface area (Å²) in [6, 6.07) is 16.5. The van der Waals surface area contributed by atoms with E-state index in [2.05, 4.69) is 23.9 Å². The fourth-order valence-corrected chi connectivity index (χ4v) is 4.54. The van der Waals surface area contributed by atoms with E-state index in [9.17, 15) is 9.59 Å². The molecule has 1 heterocycles. The normalized spacial score (nSPS) is 16.6. The van der Waals surface area contributed by atoms with Crippen LogP contribution in [0, 0.1) is 0 Å². The zero-order valence-corrected chi connectivity index (χ0v) is 23.2. The number of hydrogen-bond donors (Lipinski definition) is 0. The highest BCUT2D eigenvalue weighted by atomic mass is 16.6. The summed E-state index contributed by atoms with van der Waals surface area (Å²) in [6.45, 7) is 10.1. The van der Waals surface area contributed by atoms with Crippen LogP contribution in [0.25, 0.3) is 0 Å². The van der Waals surface area contributed by atoms with Gasteiger partial charge in [-0.15, -0.1) is 0 Å². The van der Waals surface area contributed by atoms with Crippen LogP contribution in [0.3, 0.4) is 0 Å². The van der Waals surface area contributed by atoms with Gasteiger partial charge in [-0.2, -0.15) is 0 Å². The van der Waals surface area contributed by atoms with E-state index in [1.807, 2.05) is 43.3 Å². The molecule has 1 amide bonds. The fraction of sp³-hybridized carbons (Fsp3) is 0.452. The molecule has 2 aromatic carbocycles. The zero-order chi connectivity index (χ0) is 27.3. The molecule has 204 valence electrons. The lowest BCUT2D eigenvalue weighted by molar-refractivity contribution is -0.119. The Kier molecular flexibility index (Phi) is 11.6. The van der Waals surface area contributed by atoms with Crippen molar-refractivity contribution in [1.29, 1.82) is 0 Å². The second-order valence-corrected chi connectivity index (χ2v) is 9.59. The first-order valence-electron chi connectivity index (χ1n) is 13.7. The molecule has 0 bridgehead atoms. The molecule has 1 saturated heterocycles. The van der Waals surface area contributed by atoms with Crippen LogP contribution in [0.2, 0.25) is 0 Å². The second kappa shape index (κ2) is 15.1. The molecule has 1 unspecified atom stereocenters. The second-order valence-electron chi connectivity index (χ2n) is 9.59. The van der Waals surface area contributed by atoms with Gasteiger partial charge in [-0.3, -0.25) is 9.69 Å². The summed E-state index contributed by atoms with van der Waals surface area (Å²) in [5.41, 5.74) is 3.47. The number of amides is 1. The molecule has 0 N–H and O–H groups in total. The van der Waals surface area contributed by atoms with Crippen molar-refractivity contribution >= 4 is 23.3 Å². The minimum Gasteiger partial charge on any atom is -0.465 e. The molecule has 0 radical (unpaired) electrons. The first-order valence-corrected chi connectivity index (χ1v) is 13.7. The number of carbonyl (C=O) groups excluding carboxylic acids is 2. The maximum atomic E-state index is 13.2. The summed E-state index contributed by atoms with van der Waals surface area (Å²) in [5, 5.41) is 4.27. The molecular formula is C31H41N3O4. The molecule has 1 aliphatic heterocycles. The maximum Gasteiger partial charge on any atom is 0.337 e. The molecule has 0 spiro atoms. The van der Waals surface area contributed by atoms with E-state index in [4.69, 9.17) is 9.57 Å². The summed E-state index contributed by atoms with van der Waals surface area (Å²) < 4.78 is 4.78. The number of nitrogens with zero attached hydrogens (tertiary/aromatic N) is 3. The van der Waals surface area contributed by atoms with Crippen molar-refractivity contribution in [3.05, 3.63) is 77.4 Å². The topological polar surface area (TPSA) is 71.4 Å². The van der Waals surface area contributed by atoms with Gasteiger partial charge in [0.2, 0.25) is 0 Å². The number of methoxy groups -OCH3 is 1. The smallest absolute Gasteiger partial charge is 0.337 e. The molecule has 0 saturated carbocycles. The van der Waals surface area contributed by atoms with Crippen LogP contribution < -0.4 is 4.90 Å². The van der Waals surface area contributed by atoms with Crippen molar-refractivity contribution in [1.82, 2.24) is 4.90 Å². The maximum absolute atomic E-state index is 13.2. The van der Waals surface area contributed by atoms with E-state index >= 15 is 0 Å². The number of anilines is 1. The summed E-state index contributed by atoms with van der Waals surface area (Å²) in [6.07, 6.45) is 7.58. The monoisotopic (exact) mass is 519 g/mol. The molecule has 7 nitrogen and oxygen atoms in total. The number of esters is 1. The number of ether oxygens (including phenoxy) is 1. The van der Waals surface area contributed by atoms with E-state index in [-0.39, 0.29) is 11.9 Å². The van der Waals surface area contributed by atoms with Crippen LogP contribution >= 0.6 is 0 Å². The van der Waals surface area contributed by atoms with Crippen molar-refractivity contribution in [2.75, 3.05) is 38.3 Å². The molecule has 1 aliphatic rings. The average Bonchev–Trinajstić information content (AvgIpc) is 2.95. The van der Waals surface area contributed by atoms with Gasteiger partial charge in [0, 0.05) is 17.8 Å². The Hall–Kier alpha value is -3.45. The third kappa shape index (κ3) is 7.78. The van der Waals surface area contributed by atoms with Gasteiger partial charge >= 0.3 is 5.97 Å². The van der Waals surface area contributed by atoms with Crippen LogP contribution in [-0.2, 0) is 14.4 Å². The Morgan fingerprint density at radius 2 is 1.61 bits per heavy atom. The van der Waals surface area contributed by atoms with Gasteiger partial charge in [-0.25, -0.2) is 4.79 Å². The minimum absolute atomic E-state index is 0.0956. The van der Waals surface area contributed by atoms with Crippen LogP contribution in [0.1, 0.15) is 74.8 Å². The first-order chi connectivity index (χ1) is 18.5. The molecule has 1 atom stereocenters. The Labute approximate surface area is 227 Å². The number of unbranched alkanes of at least 4 members (excludes halogenated alkanes) is 2. The lowest BCUT2D eigenvalue weighted by Gasteiger charge is -2.43. The highest BCUT2D eigenvalue weighted by Gasteiger charge is 2.43. The molecule has 2 aromatic rings. The summed E-state index contributed by atoms with van der Waals surface area (Å²) in [4.78, 5) is 34.9. The van der Waals surface area contributed by atoms with Crippen LogP contribution in [-0.4, -0.2) is 55.8 Å². The highest BCUT2D eigenvalue weighted by Crippen LogP contribution is 2.43. The van der Waals surface area contributed by atoms with Crippen molar-refractivity contribution in [3.63, 3.8) is 0 Å². The third-order valence-corrected chi connectivity index (χ3v) is 6.64. The van der Waals surface area contributed by atoms with E-state index in [1.54, 1.807) is 29.2 Å². The number of hydrogen-bond acceptors (Lipinski definition) is 6. The standard InChI is InChI=1S/C31H41N3O4/c1-5-7-19-33(20-8-6-2)21-12-22-38-32-24(3)23-28-29(25-13-10-9-11-14-25)34(30(28)35)27-17-15-26(16-18-27)31(36)37-4/h9-11,13-18,23,29H,5-8,12,19-22H2,1-4H3/b28-23+,32-24+. The molecule has 3 rings (SSSR count). The SMILES string of the molecule is CCCCN(CCCC)CCCO/N=C(C)/C=C1/C(=O)N(c2ccc(C(=O)OC)cc2)C1c1ccccc1. The fourth-order valence-electron chi connectivity index (χ4n) is 4.54. The molecule has 0 aliphatic carbocycles. The van der Waals surface area contributed by atoms with Gasteiger partial charge in [0.25, 0.3) is 5.91 Å². The lowest BCUT2D eigenvalue weighted by Crippen LogP contribution is -2.49. The predicted octanol–water partition coefficient (Wildman–Crippen LogP) is 6.17. The Balaban J connectivity index is 1.66. The third-order valence-electron chi connectivity index (χ3n) is 6.64. The highest BCUT2D eigenvalue weighted by molar-refractivity contribution is 6.18. The van der Waals surface area contributed by atoms with Crippen molar-refractivity contribution in [2.45, 2.75) is 58.9 Å². The Morgan fingerprint density at radius 3 is 2.21 bits per heavy atom. The number of β-lactam (4-membered cyclic amide) rings is 1. The quantitative estimate of drug-likeness (QED) is 0.0702. The van der Waals surface area contributed by atoms with E-state index in [0.29, 0.717) is 23.5 Å². The van der Waals surface area contributed by atoms with E-state index in [0.717, 1.165) is 37.3 Å². The van der Waals surface area contributed by atoms with Gasteiger partial charge in [0.1, 0.15) is 6.61 Å². The number of rotatable bonds is 15. The van der Waals surface area contributed by atoms with Gasteiger partial charge in [-0.1, -0.05) is 62.2 Å². The van der Waals surface area contributed by atoms with Crippen LogP contribution in [0.5, 0.6) is 0 Å². The summed E-state index contributed by atoms with van der Waals surface area (Å²) in [7, 11) is 1.35. The summed E-state index contributed by atoms with van der Waals surface area (Å²) in [5.74, 6) is -0.505. The van der Waals surface area contributed by atoms with E-state index < -0.39 is 5.97 Å². The number of benzene rings is 2. The largest absolute Gasteiger partial charge is 0.465 e. The molecule has 1 fully saturated rings. The van der Waals surface area contributed by atoms with Crippen LogP contribution in [0.4, 0.5) is 5.69 Å². The molecule has 7 heteroatoms. The molecular weight excluding hydrogens is 478 g/mol. The van der Waals surface area contributed by atoms with Crippen molar-refractivity contribution in [2.24, 2.45) is 5.16 Å². The van der Waals surface area contributed by atoms with Crippen LogP contribution in [0.15, 0.2) is 71.4 Å². The number of carbonyl (C=O) groups is 2. The Bertz CT molecular complexity index is 1090. The van der Waals surface area contributed by atoms with Gasteiger partial charge in [0.05, 0.1) is 24.4 Å². The minimum atomic E-state index is -0.409. The van der Waals surface area contributed by atoms with E-state index in [1.165, 1.54) is 32.8 Å². The number of allylic oxidation sites excluding steroid dienone is 1. The zero-order valence-electron chi connectivity index (χ0n) is 23.2. The molecule has 38 heavy (non-hydrogen) atoms. The van der Waals surface area contributed by atoms with Gasteiger partial charge in [0.15, 0.2) is 0 Å². The number of oxime groups is 1. The van der Waals surface area contributed by atoms with Crippen molar-refractivity contribution < 1.29 is 19.2 Å². The Morgan fingerprint density at radius 1 is 0.974 bits per heavy atom. The van der Waals surface area contributed by atoms with Gasteiger partial charge < -0.3 is 14.5 Å².